The van der Waals surface area contributed by atoms with E-state index in [0.717, 1.165) is 29.9 Å². The molecule has 0 aliphatic heterocycles. The highest BCUT2D eigenvalue weighted by Gasteiger charge is 2.09. The number of carbonyl (C=O) groups is 1. The second-order valence-corrected chi connectivity index (χ2v) is 4.39. The van der Waals surface area contributed by atoms with Gasteiger partial charge in [-0.25, -0.2) is 0 Å². The number of hydrogen-bond donors (Lipinski definition) is 0. The monoisotopic (exact) mass is 250 g/mol. The van der Waals surface area contributed by atoms with E-state index in [4.69, 9.17) is 9.47 Å². The molecule has 0 aliphatic rings. The van der Waals surface area contributed by atoms with Gasteiger partial charge in [0.15, 0.2) is 0 Å². The molecule has 0 saturated heterocycles. The first-order valence-corrected chi connectivity index (χ1v) is 6.40. The van der Waals surface area contributed by atoms with Crippen LogP contribution in [-0.4, -0.2) is 26.1 Å². The molecule has 3 nitrogen and oxygen atoms in total. The molecule has 0 spiro atoms. The van der Waals surface area contributed by atoms with Gasteiger partial charge in [0.25, 0.3) is 0 Å². The summed E-state index contributed by atoms with van der Waals surface area (Å²) in [5.74, 6) is 0.971. The number of ether oxygens (including phenoxy) is 2. The summed E-state index contributed by atoms with van der Waals surface area (Å²) in [6, 6.07) is 5.90. The van der Waals surface area contributed by atoms with E-state index in [1.165, 1.54) is 0 Å². The number of hydrogen-bond acceptors (Lipinski definition) is 3. The normalized spacial score (nSPS) is 10.4. The predicted molar refractivity (Wildman–Crippen MR) is 72.2 cm³/mol. The standard InChI is InChI=1S/C15H22O3/c1-4-8-18-9-7-14(16)11-13-10-12(2)5-6-15(13)17-3/h5-6,10H,4,7-9,11H2,1-3H3. The molecular formula is C15H22O3. The summed E-state index contributed by atoms with van der Waals surface area (Å²) in [6.07, 6.45) is 1.87. The number of carbonyl (C=O) groups excluding carboxylic acids is 1. The van der Waals surface area contributed by atoms with Crippen molar-refractivity contribution in [2.75, 3.05) is 20.3 Å². The third kappa shape index (κ3) is 4.88. The number of benzene rings is 1. The minimum atomic E-state index is 0.190. The van der Waals surface area contributed by atoms with Crippen molar-refractivity contribution in [3.05, 3.63) is 29.3 Å². The van der Waals surface area contributed by atoms with E-state index in [9.17, 15) is 4.79 Å². The van der Waals surface area contributed by atoms with E-state index in [-0.39, 0.29) is 5.78 Å². The van der Waals surface area contributed by atoms with Gasteiger partial charge in [-0.3, -0.25) is 4.79 Å². The van der Waals surface area contributed by atoms with Crippen LogP contribution >= 0.6 is 0 Å². The second-order valence-electron chi connectivity index (χ2n) is 4.39. The lowest BCUT2D eigenvalue weighted by molar-refractivity contribution is -0.119. The fourth-order valence-electron chi connectivity index (χ4n) is 1.78. The van der Waals surface area contributed by atoms with Gasteiger partial charge in [0, 0.05) is 25.0 Å². The molecule has 1 rings (SSSR count). The Morgan fingerprint density at radius 2 is 2.06 bits per heavy atom. The van der Waals surface area contributed by atoms with Gasteiger partial charge in [-0.05, 0) is 19.4 Å². The first-order valence-electron chi connectivity index (χ1n) is 6.40. The van der Waals surface area contributed by atoms with Crippen molar-refractivity contribution in [1.29, 1.82) is 0 Å². The summed E-state index contributed by atoms with van der Waals surface area (Å²) in [4.78, 5) is 11.8. The molecule has 0 heterocycles. The topological polar surface area (TPSA) is 35.5 Å². The molecule has 0 bridgehead atoms. The Bertz CT molecular complexity index is 385. The second kappa shape index (κ2) is 7.88. The SMILES string of the molecule is CCCOCCC(=O)Cc1cc(C)ccc1OC. The molecule has 0 N–H and O–H groups in total. The lowest BCUT2D eigenvalue weighted by Gasteiger charge is -2.09. The molecule has 1 aromatic carbocycles. The summed E-state index contributed by atoms with van der Waals surface area (Å²) in [5.41, 5.74) is 2.10. The summed E-state index contributed by atoms with van der Waals surface area (Å²) in [5, 5.41) is 0. The maximum absolute atomic E-state index is 11.8. The van der Waals surface area contributed by atoms with Crippen molar-refractivity contribution in [2.24, 2.45) is 0 Å². The predicted octanol–water partition coefficient (Wildman–Crippen LogP) is 2.93. The molecule has 0 unspecified atom stereocenters. The van der Waals surface area contributed by atoms with E-state index >= 15 is 0 Å². The third-order valence-corrected chi connectivity index (χ3v) is 2.70. The van der Waals surface area contributed by atoms with Crippen LogP contribution in [0.1, 0.15) is 30.9 Å². The van der Waals surface area contributed by atoms with E-state index in [2.05, 4.69) is 6.92 Å². The Hall–Kier alpha value is -1.35. The number of aryl methyl sites for hydroxylation is 1. The lowest BCUT2D eigenvalue weighted by atomic mass is 10.0. The summed E-state index contributed by atoms with van der Waals surface area (Å²) >= 11 is 0. The van der Waals surface area contributed by atoms with Crippen LogP contribution in [0.25, 0.3) is 0 Å². The molecule has 18 heavy (non-hydrogen) atoms. The van der Waals surface area contributed by atoms with Gasteiger partial charge in [-0.15, -0.1) is 0 Å². The Morgan fingerprint density at radius 1 is 1.28 bits per heavy atom. The molecular weight excluding hydrogens is 228 g/mol. The average molecular weight is 250 g/mol. The van der Waals surface area contributed by atoms with Crippen molar-refractivity contribution < 1.29 is 14.3 Å². The zero-order chi connectivity index (χ0) is 13.4. The molecule has 0 aromatic heterocycles. The van der Waals surface area contributed by atoms with E-state index < -0.39 is 0 Å². The van der Waals surface area contributed by atoms with E-state index in [0.29, 0.717) is 19.4 Å². The first kappa shape index (κ1) is 14.7. The third-order valence-electron chi connectivity index (χ3n) is 2.70. The molecule has 0 aliphatic carbocycles. The highest BCUT2D eigenvalue weighted by molar-refractivity contribution is 5.81. The first-order chi connectivity index (χ1) is 8.67. The minimum absolute atomic E-state index is 0.190. The fourth-order valence-corrected chi connectivity index (χ4v) is 1.78. The quantitative estimate of drug-likeness (QED) is 0.665. The van der Waals surface area contributed by atoms with Crippen LogP contribution in [0.3, 0.4) is 0 Å². The molecule has 100 valence electrons. The number of ketones is 1. The highest BCUT2D eigenvalue weighted by atomic mass is 16.5. The lowest BCUT2D eigenvalue weighted by Crippen LogP contribution is -2.08. The summed E-state index contributed by atoms with van der Waals surface area (Å²) in [6.45, 7) is 5.30. The number of methoxy groups -OCH3 is 1. The van der Waals surface area contributed by atoms with Crippen LogP contribution in [0.5, 0.6) is 5.75 Å². The Labute approximate surface area is 109 Å². The van der Waals surface area contributed by atoms with Crippen molar-refractivity contribution in [3.8, 4) is 5.75 Å². The van der Waals surface area contributed by atoms with Crippen LogP contribution in [0.2, 0.25) is 0 Å². The van der Waals surface area contributed by atoms with Crippen molar-refractivity contribution in [3.63, 3.8) is 0 Å². The van der Waals surface area contributed by atoms with E-state index in [1.54, 1.807) is 7.11 Å². The van der Waals surface area contributed by atoms with E-state index in [1.807, 2.05) is 25.1 Å². The Balaban J connectivity index is 2.50. The van der Waals surface area contributed by atoms with Gasteiger partial charge in [-0.1, -0.05) is 24.6 Å². The van der Waals surface area contributed by atoms with Crippen LogP contribution in [0, 0.1) is 6.92 Å². The number of rotatable bonds is 8. The Morgan fingerprint density at radius 3 is 2.72 bits per heavy atom. The number of Topliss-reactive ketones (excluding diaryl/α,β-unsaturated/α-hetero) is 1. The summed E-state index contributed by atoms with van der Waals surface area (Å²) < 4.78 is 10.6. The maximum Gasteiger partial charge on any atom is 0.139 e. The van der Waals surface area contributed by atoms with Gasteiger partial charge in [0.05, 0.1) is 13.7 Å². The average Bonchev–Trinajstić information content (AvgIpc) is 2.35. The van der Waals surface area contributed by atoms with Crippen LogP contribution < -0.4 is 4.74 Å². The molecule has 0 amide bonds. The molecule has 1 aromatic rings. The van der Waals surface area contributed by atoms with Crippen molar-refractivity contribution in [1.82, 2.24) is 0 Å². The van der Waals surface area contributed by atoms with Crippen LogP contribution in [-0.2, 0) is 16.0 Å². The smallest absolute Gasteiger partial charge is 0.139 e. The molecule has 0 fully saturated rings. The van der Waals surface area contributed by atoms with Crippen LogP contribution in [0.4, 0.5) is 0 Å². The van der Waals surface area contributed by atoms with Gasteiger partial charge < -0.3 is 9.47 Å². The molecule has 0 atom stereocenters. The fraction of sp³-hybridized carbons (Fsp3) is 0.533. The molecule has 0 radical (unpaired) electrons. The zero-order valence-electron chi connectivity index (χ0n) is 11.5. The van der Waals surface area contributed by atoms with Gasteiger partial charge >= 0.3 is 0 Å². The largest absolute Gasteiger partial charge is 0.496 e. The Kier molecular flexibility index (Phi) is 6.44. The van der Waals surface area contributed by atoms with Crippen LogP contribution in [0.15, 0.2) is 18.2 Å². The van der Waals surface area contributed by atoms with Gasteiger partial charge in [0.1, 0.15) is 11.5 Å². The summed E-state index contributed by atoms with van der Waals surface area (Å²) in [7, 11) is 1.63. The molecule has 0 saturated carbocycles. The minimum Gasteiger partial charge on any atom is -0.496 e. The highest BCUT2D eigenvalue weighted by Crippen LogP contribution is 2.20. The van der Waals surface area contributed by atoms with Crippen molar-refractivity contribution in [2.45, 2.75) is 33.1 Å². The van der Waals surface area contributed by atoms with Gasteiger partial charge in [0.2, 0.25) is 0 Å². The zero-order valence-corrected chi connectivity index (χ0v) is 11.5. The maximum atomic E-state index is 11.8. The van der Waals surface area contributed by atoms with Gasteiger partial charge in [-0.2, -0.15) is 0 Å². The molecule has 3 heteroatoms. The van der Waals surface area contributed by atoms with Crippen molar-refractivity contribution >= 4 is 5.78 Å².